The van der Waals surface area contributed by atoms with Gasteiger partial charge in [-0.15, -0.1) is 0 Å². The van der Waals surface area contributed by atoms with Crippen LogP contribution >= 0.6 is 0 Å². The molecule has 2 heterocycles. The van der Waals surface area contributed by atoms with Crippen molar-refractivity contribution in [2.75, 3.05) is 20.7 Å². The molecule has 0 aliphatic carbocycles. The second-order valence-corrected chi connectivity index (χ2v) is 4.98. The lowest BCUT2D eigenvalue weighted by Crippen LogP contribution is -2.58. The normalized spacial score (nSPS) is 34.2. The van der Waals surface area contributed by atoms with E-state index >= 15 is 0 Å². The van der Waals surface area contributed by atoms with E-state index in [4.69, 9.17) is 4.74 Å². The van der Waals surface area contributed by atoms with E-state index in [2.05, 4.69) is 5.32 Å². The fourth-order valence-corrected chi connectivity index (χ4v) is 2.79. The van der Waals surface area contributed by atoms with Gasteiger partial charge in [0, 0.05) is 7.05 Å². The van der Waals surface area contributed by atoms with E-state index in [9.17, 15) is 9.59 Å². The molecule has 5 heteroatoms. The highest BCUT2D eigenvalue weighted by atomic mass is 16.5. The second-order valence-electron chi connectivity index (χ2n) is 4.98. The third-order valence-electron chi connectivity index (χ3n) is 3.91. The summed E-state index contributed by atoms with van der Waals surface area (Å²) >= 11 is 0. The number of esters is 1. The molecule has 0 aromatic rings. The molecule has 2 aliphatic heterocycles. The Balaban J connectivity index is 2.26. The number of hydrogen-bond acceptors (Lipinski definition) is 4. The van der Waals surface area contributed by atoms with E-state index < -0.39 is 11.6 Å². The van der Waals surface area contributed by atoms with Crippen LogP contribution < -0.4 is 5.32 Å². The number of hydrogen-bond donors (Lipinski definition) is 1. The first kappa shape index (κ1) is 13.1. The molecule has 1 spiro atoms. The minimum absolute atomic E-state index is 0.000231. The number of nitrogens with one attached hydrogen (secondary N) is 1. The molecule has 1 N–H and O–H groups in total. The smallest absolute Gasteiger partial charge is 0.328 e. The minimum Gasteiger partial charge on any atom is -0.467 e. The molecule has 100 valence electrons. The topological polar surface area (TPSA) is 58.6 Å². The van der Waals surface area contributed by atoms with E-state index in [0.29, 0.717) is 12.8 Å². The molecule has 1 fully saturated rings. The summed E-state index contributed by atoms with van der Waals surface area (Å²) in [5.74, 6) is -0.356. The van der Waals surface area contributed by atoms with E-state index in [1.165, 1.54) is 12.0 Å². The number of methoxy groups -OCH3 is 1. The van der Waals surface area contributed by atoms with Gasteiger partial charge >= 0.3 is 5.97 Å². The largest absolute Gasteiger partial charge is 0.467 e. The van der Waals surface area contributed by atoms with Gasteiger partial charge < -0.3 is 15.0 Å². The molecule has 1 saturated heterocycles. The van der Waals surface area contributed by atoms with Gasteiger partial charge in [-0.3, -0.25) is 4.79 Å². The van der Waals surface area contributed by atoms with Crippen molar-refractivity contribution >= 4 is 11.9 Å². The summed E-state index contributed by atoms with van der Waals surface area (Å²) in [6.45, 7) is 0.857. The summed E-state index contributed by atoms with van der Waals surface area (Å²) in [4.78, 5) is 25.8. The van der Waals surface area contributed by atoms with Gasteiger partial charge in [0.05, 0.1) is 7.11 Å². The molecule has 2 aliphatic rings. The molecule has 2 atom stereocenters. The fraction of sp³-hybridized carbons (Fsp3) is 0.692. The second kappa shape index (κ2) is 5.10. The van der Waals surface area contributed by atoms with E-state index in [1.54, 1.807) is 7.05 Å². The highest BCUT2D eigenvalue weighted by molar-refractivity contribution is 5.91. The molecule has 0 aromatic heterocycles. The van der Waals surface area contributed by atoms with Crippen molar-refractivity contribution in [1.82, 2.24) is 10.2 Å². The van der Waals surface area contributed by atoms with Gasteiger partial charge in [-0.05, 0) is 32.2 Å². The number of amides is 1. The Morgan fingerprint density at radius 3 is 2.94 bits per heavy atom. The van der Waals surface area contributed by atoms with Gasteiger partial charge in [0.2, 0.25) is 5.91 Å². The van der Waals surface area contributed by atoms with Crippen molar-refractivity contribution in [1.29, 1.82) is 0 Å². The lowest BCUT2D eigenvalue weighted by Gasteiger charge is -2.36. The number of carbonyl (C=O) groups excluding carboxylic acids is 2. The van der Waals surface area contributed by atoms with Crippen LogP contribution in [0.25, 0.3) is 0 Å². The maximum atomic E-state index is 12.6. The van der Waals surface area contributed by atoms with Crippen LogP contribution in [0.5, 0.6) is 0 Å². The first-order valence-electron chi connectivity index (χ1n) is 6.36. The maximum Gasteiger partial charge on any atom is 0.328 e. The lowest BCUT2D eigenvalue weighted by atomic mass is 9.89. The highest BCUT2D eigenvalue weighted by Gasteiger charge is 2.44. The molecule has 0 radical (unpaired) electrons. The van der Waals surface area contributed by atoms with Gasteiger partial charge in [0.1, 0.15) is 11.6 Å². The number of rotatable bonds is 1. The fourth-order valence-electron chi connectivity index (χ4n) is 2.79. The summed E-state index contributed by atoms with van der Waals surface area (Å²) in [6.07, 6.45) is 7.01. The van der Waals surface area contributed by atoms with Crippen molar-refractivity contribution in [2.24, 2.45) is 0 Å². The van der Waals surface area contributed by atoms with E-state index in [0.717, 1.165) is 19.4 Å². The van der Waals surface area contributed by atoms with Gasteiger partial charge in [-0.1, -0.05) is 12.2 Å². The molecule has 1 amide bonds. The molecule has 0 saturated carbocycles. The monoisotopic (exact) mass is 252 g/mol. The zero-order valence-electron chi connectivity index (χ0n) is 10.9. The molecule has 5 nitrogen and oxygen atoms in total. The molecular formula is C13H20N2O3. The zero-order valence-corrected chi connectivity index (χ0v) is 10.9. The zero-order chi connectivity index (χ0) is 13.2. The van der Waals surface area contributed by atoms with E-state index in [1.807, 2.05) is 12.2 Å². The Labute approximate surface area is 107 Å². The van der Waals surface area contributed by atoms with Crippen molar-refractivity contribution in [3.8, 4) is 0 Å². The molecule has 0 unspecified atom stereocenters. The Bertz CT molecular complexity index is 372. The summed E-state index contributed by atoms with van der Waals surface area (Å²) in [5.41, 5.74) is -0.516. The average Bonchev–Trinajstić information content (AvgIpc) is 2.85. The van der Waals surface area contributed by atoms with Crippen molar-refractivity contribution in [2.45, 2.75) is 37.3 Å². The van der Waals surface area contributed by atoms with Gasteiger partial charge in [0.15, 0.2) is 0 Å². The third-order valence-corrected chi connectivity index (χ3v) is 3.91. The van der Waals surface area contributed by atoms with Gasteiger partial charge in [-0.25, -0.2) is 4.79 Å². The minimum atomic E-state index is -0.516. The van der Waals surface area contributed by atoms with Crippen LogP contribution in [-0.2, 0) is 14.3 Å². The summed E-state index contributed by atoms with van der Waals surface area (Å²) in [5, 5.41) is 3.30. The summed E-state index contributed by atoms with van der Waals surface area (Å²) in [6, 6.07) is -0.515. The Morgan fingerprint density at radius 2 is 2.33 bits per heavy atom. The first-order chi connectivity index (χ1) is 8.60. The maximum absolute atomic E-state index is 12.6. The summed E-state index contributed by atoms with van der Waals surface area (Å²) < 4.78 is 4.77. The number of carbonyl (C=O) groups is 2. The van der Waals surface area contributed by atoms with Crippen molar-refractivity contribution in [3.63, 3.8) is 0 Å². The molecule has 0 aromatic carbocycles. The van der Waals surface area contributed by atoms with Crippen LogP contribution in [0.3, 0.4) is 0 Å². The quantitative estimate of drug-likeness (QED) is 0.544. The van der Waals surface area contributed by atoms with Crippen LogP contribution in [0, 0.1) is 0 Å². The molecule has 18 heavy (non-hydrogen) atoms. The third kappa shape index (κ3) is 2.14. The van der Waals surface area contributed by atoms with E-state index in [-0.39, 0.29) is 11.9 Å². The Morgan fingerprint density at radius 1 is 1.56 bits per heavy atom. The van der Waals surface area contributed by atoms with Crippen molar-refractivity contribution in [3.05, 3.63) is 12.2 Å². The molecular weight excluding hydrogens is 232 g/mol. The van der Waals surface area contributed by atoms with Crippen LogP contribution in [-0.4, -0.2) is 49.1 Å². The molecule has 2 rings (SSSR count). The first-order valence-corrected chi connectivity index (χ1v) is 6.36. The highest BCUT2D eigenvalue weighted by Crippen LogP contribution is 2.28. The van der Waals surface area contributed by atoms with Gasteiger partial charge in [-0.2, -0.15) is 0 Å². The number of ether oxygens (including phenoxy) is 1. The van der Waals surface area contributed by atoms with Crippen LogP contribution in [0.15, 0.2) is 12.2 Å². The summed E-state index contributed by atoms with van der Waals surface area (Å²) in [7, 11) is 3.04. The Kier molecular flexibility index (Phi) is 3.71. The lowest BCUT2D eigenvalue weighted by molar-refractivity contribution is -0.154. The Hall–Kier alpha value is -1.36. The number of nitrogens with zero attached hydrogens (tertiary/aromatic N) is 1. The van der Waals surface area contributed by atoms with Crippen LogP contribution in [0.2, 0.25) is 0 Å². The predicted molar refractivity (Wildman–Crippen MR) is 66.9 cm³/mol. The van der Waals surface area contributed by atoms with Crippen molar-refractivity contribution < 1.29 is 14.3 Å². The average molecular weight is 252 g/mol. The molecule has 0 bridgehead atoms. The predicted octanol–water partition coefficient (Wildman–Crippen LogP) is 0.459. The standard InChI is InChI=1S/C13H20N2O3/c1-15-10(11(16)18-2)6-3-4-7-13(12(15)17)8-5-9-14-13/h3-4,10,14H,5-9H2,1-2H3/b4-3-/t10-,13-/m0/s1. The van der Waals surface area contributed by atoms with Crippen LogP contribution in [0.1, 0.15) is 25.7 Å². The van der Waals surface area contributed by atoms with Gasteiger partial charge in [0.25, 0.3) is 0 Å². The number of likely N-dealkylation sites (N-methyl/N-ethyl adjacent to an activating group) is 1. The SMILES string of the molecule is COC(=O)[C@@H]1C/C=C\C[C@]2(CCCN2)C(=O)N1C. The van der Waals surface area contributed by atoms with Crippen LogP contribution in [0.4, 0.5) is 0 Å².